The number of carbonyl (C=O) groups is 1. The molecule has 6 nitrogen and oxygen atoms in total. The van der Waals surface area contributed by atoms with Crippen LogP contribution in [0.4, 0.5) is 0 Å². The predicted octanol–water partition coefficient (Wildman–Crippen LogP) is -0.411. The van der Waals surface area contributed by atoms with Gasteiger partial charge >= 0.3 is 0 Å². The highest BCUT2D eigenvalue weighted by Gasteiger charge is 2.23. The zero-order chi connectivity index (χ0) is 7.84. The molecule has 0 saturated heterocycles. The fraction of sp³-hybridized carbons (Fsp3) is 0. The number of carbonyl (C=O) groups excluding carboxylic acids is 1. The average Bonchev–Trinajstić information content (AvgIpc) is 2.34. The second kappa shape index (κ2) is 1.82. The SMILES string of the molecule is NC1=NC(=O)C2=CN=NC2=N1. The summed E-state index contributed by atoms with van der Waals surface area (Å²) in [6.45, 7) is 0. The molecule has 2 N–H and O–H groups in total. The fourth-order valence-electron chi connectivity index (χ4n) is 0.784. The van der Waals surface area contributed by atoms with E-state index in [1.54, 1.807) is 0 Å². The maximum Gasteiger partial charge on any atom is 0.285 e. The molecule has 0 unspecified atom stereocenters. The van der Waals surface area contributed by atoms with Gasteiger partial charge in [0, 0.05) is 0 Å². The number of nitrogens with two attached hydrogens (primary N) is 1. The number of aliphatic imine (C=N–C) groups is 2. The molecule has 6 heteroatoms. The van der Waals surface area contributed by atoms with Gasteiger partial charge in [0.1, 0.15) is 5.57 Å². The molecule has 11 heavy (non-hydrogen) atoms. The van der Waals surface area contributed by atoms with E-state index >= 15 is 0 Å². The Balaban J connectivity index is 2.54. The Bertz CT molecular complexity index is 348. The molecular formula is C5H3N5O. The summed E-state index contributed by atoms with van der Waals surface area (Å²) in [4.78, 5) is 18.0. The molecule has 0 atom stereocenters. The van der Waals surface area contributed by atoms with Crippen LogP contribution in [-0.4, -0.2) is 17.7 Å². The highest BCUT2D eigenvalue weighted by Crippen LogP contribution is 2.13. The molecule has 0 spiro atoms. The van der Waals surface area contributed by atoms with Crippen LogP contribution >= 0.6 is 0 Å². The van der Waals surface area contributed by atoms with E-state index < -0.39 is 5.91 Å². The van der Waals surface area contributed by atoms with E-state index in [1.165, 1.54) is 6.20 Å². The van der Waals surface area contributed by atoms with Gasteiger partial charge in [-0.3, -0.25) is 4.79 Å². The first-order chi connectivity index (χ1) is 5.27. The van der Waals surface area contributed by atoms with Crippen LogP contribution < -0.4 is 5.73 Å². The summed E-state index contributed by atoms with van der Waals surface area (Å²) in [6.07, 6.45) is 1.32. The van der Waals surface area contributed by atoms with Crippen molar-refractivity contribution in [2.24, 2.45) is 25.9 Å². The largest absolute Gasteiger partial charge is 0.368 e. The van der Waals surface area contributed by atoms with Crippen LogP contribution in [0.25, 0.3) is 0 Å². The number of hydrogen-bond donors (Lipinski definition) is 1. The molecule has 0 saturated carbocycles. The first-order valence-electron chi connectivity index (χ1n) is 2.86. The number of amidine groups is 1. The summed E-state index contributed by atoms with van der Waals surface area (Å²) in [5.74, 6) is -0.247. The van der Waals surface area contributed by atoms with Crippen LogP contribution in [0.5, 0.6) is 0 Å². The van der Waals surface area contributed by atoms with E-state index in [9.17, 15) is 4.79 Å². The Kier molecular flexibility index (Phi) is 0.974. The lowest BCUT2D eigenvalue weighted by atomic mass is 10.2. The summed E-state index contributed by atoms with van der Waals surface area (Å²) in [5.41, 5.74) is 5.50. The van der Waals surface area contributed by atoms with E-state index in [0.717, 1.165) is 0 Å². The zero-order valence-electron chi connectivity index (χ0n) is 5.35. The molecule has 0 aliphatic carbocycles. The molecule has 0 aromatic heterocycles. The highest BCUT2D eigenvalue weighted by atomic mass is 16.1. The van der Waals surface area contributed by atoms with Gasteiger partial charge in [0.15, 0.2) is 5.84 Å². The third-order valence-electron chi connectivity index (χ3n) is 1.25. The van der Waals surface area contributed by atoms with Crippen molar-refractivity contribution in [3.8, 4) is 0 Å². The second-order valence-corrected chi connectivity index (χ2v) is 1.97. The number of nitrogens with zero attached hydrogens (tertiary/aromatic N) is 4. The van der Waals surface area contributed by atoms with E-state index in [0.29, 0.717) is 5.57 Å². The van der Waals surface area contributed by atoms with Crippen molar-refractivity contribution >= 4 is 17.7 Å². The molecule has 0 aromatic carbocycles. The van der Waals surface area contributed by atoms with Crippen LogP contribution in [0.3, 0.4) is 0 Å². The normalized spacial score (nSPS) is 20.7. The van der Waals surface area contributed by atoms with E-state index in [-0.39, 0.29) is 11.8 Å². The topological polar surface area (TPSA) is 92.5 Å². The minimum atomic E-state index is -0.433. The third kappa shape index (κ3) is 0.759. The summed E-state index contributed by atoms with van der Waals surface area (Å²) >= 11 is 0. The maximum absolute atomic E-state index is 10.9. The van der Waals surface area contributed by atoms with Crippen LogP contribution in [-0.2, 0) is 4.79 Å². The standard InChI is InChI=1S/C5H3N5O/c6-5-8-3-2(1-7-10-3)4(11)9-5/h1H,(H2,6,9,11). The van der Waals surface area contributed by atoms with Gasteiger partial charge in [-0.25, -0.2) is 0 Å². The van der Waals surface area contributed by atoms with E-state index in [4.69, 9.17) is 5.73 Å². The molecule has 2 aliphatic rings. The molecule has 0 bridgehead atoms. The molecule has 2 rings (SSSR count). The smallest absolute Gasteiger partial charge is 0.285 e. The first kappa shape index (κ1) is 5.90. The van der Waals surface area contributed by atoms with E-state index in [2.05, 4.69) is 20.2 Å². The Hall–Kier alpha value is -1.85. The van der Waals surface area contributed by atoms with Gasteiger partial charge in [0.05, 0.1) is 6.20 Å². The van der Waals surface area contributed by atoms with Crippen LogP contribution in [0.15, 0.2) is 32.0 Å². The second-order valence-electron chi connectivity index (χ2n) is 1.97. The number of guanidine groups is 1. The quantitative estimate of drug-likeness (QED) is 0.507. The van der Waals surface area contributed by atoms with Crippen molar-refractivity contribution in [2.75, 3.05) is 0 Å². The van der Waals surface area contributed by atoms with Gasteiger partial charge < -0.3 is 5.73 Å². The Morgan fingerprint density at radius 2 is 2.18 bits per heavy atom. The lowest BCUT2D eigenvalue weighted by Crippen LogP contribution is -2.21. The lowest BCUT2D eigenvalue weighted by molar-refractivity contribution is -0.113. The van der Waals surface area contributed by atoms with Gasteiger partial charge in [0.25, 0.3) is 5.91 Å². The number of rotatable bonds is 0. The van der Waals surface area contributed by atoms with Crippen LogP contribution in [0.1, 0.15) is 0 Å². The average molecular weight is 149 g/mol. The Morgan fingerprint density at radius 3 is 3.00 bits per heavy atom. The van der Waals surface area contributed by atoms with Gasteiger partial charge in [-0.2, -0.15) is 15.1 Å². The fourth-order valence-corrected chi connectivity index (χ4v) is 0.784. The molecule has 1 amide bonds. The Labute approximate surface area is 61.2 Å². The monoisotopic (exact) mass is 149 g/mol. The van der Waals surface area contributed by atoms with Crippen molar-refractivity contribution in [1.29, 1.82) is 0 Å². The van der Waals surface area contributed by atoms with E-state index in [1.807, 2.05) is 0 Å². The van der Waals surface area contributed by atoms with Gasteiger partial charge in [0.2, 0.25) is 5.96 Å². The summed E-state index contributed by atoms with van der Waals surface area (Å²) in [7, 11) is 0. The number of hydrogen-bond acceptors (Lipinski definition) is 5. The maximum atomic E-state index is 10.9. The zero-order valence-corrected chi connectivity index (χ0v) is 5.35. The minimum absolute atomic E-state index is 0.0667. The third-order valence-corrected chi connectivity index (χ3v) is 1.25. The molecule has 0 radical (unpaired) electrons. The predicted molar refractivity (Wildman–Crippen MR) is 37.0 cm³/mol. The minimum Gasteiger partial charge on any atom is -0.368 e. The summed E-state index contributed by atoms with van der Waals surface area (Å²) in [6, 6.07) is 0. The van der Waals surface area contributed by atoms with Crippen molar-refractivity contribution in [1.82, 2.24) is 0 Å². The molecule has 0 aromatic rings. The van der Waals surface area contributed by atoms with Crippen molar-refractivity contribution in [2.45, 2.75) is 0 Å². The highest BCUT2D eigenvalue weighted by molar-refractivity contribution is 6.28. The number of amides is 1. The molecule has 2 aliphatic heterocycles. The Morgan fingerprint density at radius 1 is 1.36 bits per heavy atom. The molecule has 2 heterocycles. The first-order valence-corrected chi connectivity index (χ1v) is 2.86. The summed E-state index contributed by atoms with van der Waals surface area (Å²) in [5, 5.41) is 7.05. The molecule has 54 valence electrons. The van der Waals surface area contributed by atoms with Gasteiger partial charge in [-0.05, 0) is 0 Å². The van der Waals surface area contributed by atoms with Crippen molar-refractivity contribution in [3.05, 3.63) is 11.8 Å². The van der Waals surface area contributed by atoms with Crippen molar-refractivity contribution < 1.29 is 4.79 Å². The van der Waals surface area contributed by atoms with Crippen LogP contribution in [0.2, 0.25) is 0 Å². The summed E-state index contributed by atoms with van der Waals surface area (Å²) < 4.78 is 0. The number of azo groups is 1. The van der Waals surface area contributed by atoms with Crippen LogP contribution in [0, 0.1) is 0 Å². The van der Waals surface area contributed by atoms with Crippen molar-refractivity contribution in [3.63, 3.8) is 0 Å². The van der Waals surface area contributed by atoms with Gasteiger partial charge in [-0.15, -0.1) is 5.11 Å². The lowest BCUT2D eigenvalue weighted by Gasteiger charge is -2.01. The number of fused-ring (bicyclic) bond motifs is 1. The molecule has 0 fully saturated rings. The molecular weight excluding hydrogens is 146 g/mol. The van der Waals surface area contributed by atoms with Gasteiger partial charge in [-0.1, -0.05) is 0 Å².